The SMILES string of the molecule is CC(C)(C)OC(=O)N1CCC[C@H](OCc2nccnc2Cl)C1. The van der Waals surface area contributed by atoms with E-state index in [1.54, 1.807) is 11.1 Å². The van der Waals surface area contributed by atoms with Gasteiger partial charge in [-0.25, -0.2) is 9.78 Å². The van der Waals surface area contributed by atoms with Crippen molar-refractivity contribution in [2.45, 2.75) is 51.9 Å². The summed E-state index contributed by atoms with van der Waals surface area (Å²) in [6.45, 7) is 7.09. The predicted octanol–water partition coefficient (Wildman–Crippen LogP) is 3.05. The van der Waals surface area contributed by atoms with Crippen molar-refractivity contribution >= 4 is 17.7 Å². The molecule has 1 atom stereocenters. The molecule has 0 saturated carbocycles. The highest BCUT2D eigenvalue weighted by molar-refractivity contribution is 6.29. The second-order valence-electron chi connectivity index (χ2n) is 6.30. The first-order chi connectivity index (χ1) is 10.3. The highest BCUT2D eigenvalue weighted by Gasteiger charge is 2.28. The third-order valence-corrected chi connectivity index (χ3v) is 3.52. The number of halogens is 1. The van der Waals surface area contributed by atoms with Crippen molar-refractivity contribution in [2.24, 2.45) is 0 Å². The molecule has 0 aromatic carbocycles. The maximum absolute atomic E-state index is 12.1. The highest BCUT2D eigenvalue weighted by Crippen LogP contribution is 2.19. The zero-order valence-corrected chi connectivity index (χ0v) is 14.0. The summed E-state index contributed by atoms with van der Waals surface area (Å²) in [5.74, 6) is 0. The minimum absolute atomic E-state index is 0.0423. The Labute approximate surface area is 135 Å². The number of nitrogens with zero attached hydrogens (tertiary/aromatic N) is 3. The topological polar surface area (TPSA) is 64.5 Å². The summed E-state index contributed by atoms with van der Waals surface area (Å²) >= 11 is 5.96. The fourth-order valence-corrected chi connectivity index (χ4v) is 2.37. The first kappa shape index (κ1) is 17.0. The molecule has 6 nitrogen and oxygen atoms in total. The second kappa shape index (κ2) is 7.24. The Balaban J connectivity index is 1.86. The van der Waals surface area contributed by atoms with Crippen molar-refractivity contribution in [1.29, 1.82) is 0 Å². The first-order valence-electron chi connectivity index (χ1n) is 7.40. The number of likely N-dealkylation sites (tertiary alicyclic amines) is 1. The zero-order valence-electron chi connectivity index (χ0n) is 13.2. The molecule has 1 amide bonds. The van der Waals surface area contributed by atoms with Gasteiger partial charge in [0.2, 0.25) is 0 Å². The van der Waals surface area contributed by atoms with Gasteiger partial charge in [-0.05, 0) is 33.6 Å². The molecular weight excluding hydrogens is 306 g/mol. The van der Waals surface area contributed by atoms with Crippen molar-refractivity contribution in [3.8, 4) is 0 Å². The van der Waals surface area contributed by atoms with Crippen LogP contribution in [0.25, 0.3) is 0 Å². The number of piperidine rings is 1. The quantitative estimate of drug-likeness (QED) is 0.853. The summed E-state index contributed by atoms with van der Waals surface area (Å²) in [7, 11) is 0. The summed E-state index contributed by atoms with van der Waals surface area (Å²) in [5, 5.41) is 0.349. The Morgan fingerprint density at radius 2 is 2.14 bits per heavy atom. The average Bonchev–Trinajstić information content (AvgIpc) is 2.45. The van der Waals surface area contributed by atoms with E-state index in [9.17, 15) is 4.79 Å². The van der Waals surface area contributed by atoms with Gasteiger partial charge in [0, 0.05) is 18.9 Å². The second-order valence-corrected chi connectivity index (χ2v) is 6.65. The molecule has 1 aromatic rings. The third-order valence-electron chi connectivity index (χ3n) is 3.21. The van der Waals surface area contributed by atoms with Crippen LogP contribution in [0, 0.1) is 0 Å². The van der Waals surface area contributed by atoms with Crippen LogP contribution in [-0.4, -0.2) is 45.8 Å². The molecule has 0 N–H and O–H groups in total. The van der Waals surface area contributed by atoms with E-state index in [4.69, 9.17) is 21.1 Å². The summed E-state index contributed by atoms with van der Waals surface area (Å²) < 4.78 is 11.2. The maximum Gasteiger partial charge on any atom is 0.410 e. The van der Waals surface area contributed by atoms with Crippen molar-refractivity contribution in [3.63, 3.8) is 0 Å². The number of aromatic nitrogens is 2. The van der Waals surface area contributed by atoms with Crippen LogP contribution in [0.15, 0.2) is 12.4 Å². The number of rotatable bonds is 3. The minimum atomic E-state index is -0.488. The molecule has 0 radical (unpaired) electrons. The van der Waals surface area contributed by atoms with E-state index in [0.29, 0.717) is 30.5 Å². The number of ether oxygens (including phenoxy) is 2. The van der Waals surface area contributed by atoms with Gasteiger partial charge >= 0.3 is 6.09 Å². The fraction of sp³-hybridized carbons (Fsp3) is 0.667. The van der Waals surface area contributed by atoms with Gasteiger partial charge in [0.25, 0.3) is 0 Å². The van der Waals surface area contributed by atoms with E-state index in [2.05, 4.69) is 9.97 Å². The molecule has 1 aromatic heterocycles. The van der Waals surface area contributed by atoms with Gasteiger partial charge in [0.15, 0.2) is 5.15 Å². The Morgan fingerprint density at radius 3 is 2.82 bits per heavy atom. The molecule has 0 aliphatic carbocycles. The van der Waals surface area contributed by atoms with Crippen LogP contribution >= 0.6 is 11.6 Å². The van der Waals surface area contributed by atoms with Crippen molar-refractivity contribution in [2.75, 3.05) is 13.1 Å². The lowest BCUT2D eigenvalue weighted by molar-refractivity contribution is -0.0266. The Hall–Kier alpha value is -1.40. The summed E-state index contributed by atoms with van der Waals surface area (Å²) in [5.41, 5.74) is 0.122. The number of hydrogen-bond donors (Lipinski definition) is 0. The summed E-state index contributed by atoms with van der Waals surface area (Å²) in [6, 6.07) is 0. The smallest absolute Gasteiger partial charge is 0.410 e. The van der Waals surface area contributed by atoms with Crippen LogP contribution in [0.1, 0.15) is 39.3 Å². The number of carbonyl (C=O) groups is 1. The molecule has 0 bridgehead atoms. The maximum atomic E-state index is 12.1. The fourth-order valence-electron chi connectivity index (χ4n) is 2.21. The standard InChI is InChI=1S/C15H22ClN3O3/c1-15(2,3)22-14(20)19-8-4-5-11(9-19)21-10-12-13(16)18-7-6-17-12/h6-7,11H,4-5,8-10H2,1-3H3/t11-/m0/s1. The normalized spacial score (nSPS) is 19.1. The van der Waals surface area contributed by atoms with E-state index in [-0.39, 0.29) is 12.2 Å². The largest absolute Gasteiger partial charge is 0.444 e. The lowest BCUT2D eigenvalue weighted by atomic mass is 10.1. The molecule has 2 rings (SSSR count). The molecule has 1 saturated heterocycles. The lowest BCUT2D eigenvalue weighted by Crippen LogP contribution is -2.45. The first-order valence-corrected chi connectivity index (χ1v) is 7.78. The monoisotopic (exact) mass is 327 g/mol. The molecule has 1 aliphatic rings. The van der Waals surface area contributed by atoms with Crippen LogP contribution in [0.3, 0.4) is 0 Å². The molecule has 122 valence electrons. The van der Waals surface area contributed by atoms with Gasteiger partial charge in [-0.1, -0.05) is 11.6 Å². The zero-order chi connectivity index (χ0) is 16.2. The van der Waals surface area contributed by atoms with Gasteiger partial charge in [0.1, 0.15) is 11.3 Å². The van der Waals surface area contributed by atoms with E-state index in [0.717, 1.165) is 12.8 Å². The van der Waals surface area contributed by atoms with E-state index in [1.165, 1.54) is 6.20 Å². The van der Waals surface area contributed by atoms with Crippen LogP contribution in [0.5, 0.6) is 0 Å². The van der Waals surface area contributed by atoms with Crippen molar-refractivity contribution in [1.82, 2.24) is 14.9 Å². The molecule has 22 heavy (non-hydrogen) atoms. The number of amides is 1. The highest BCUT2D eigenvalue weighted by atomic mass is 35.5. The molecule has 2 heterocycles. The Kier molecular flexibility index (Phi) is 5.58. The average molecular weight is 328 g/mol. The Morgan fingerprint density at radius 1 is 1.41 bits per heavy atom. The molecule has 0 spiro atoms. The van der Waals surface area contributed by atoms with E-state index < -0.39 is 5.60 Å². The lowest BCUT2D eigenvalue weighted by Gasteiger charge is -2.34. The predicted molar refractivity (Wildman–Crippen MR) is 82.7 cm³/mol. The van der Waals surface area contributed by atoms with Gasteiger partial charge in [-0.2, -0.15) is 0 Å². The van der Waals surface area contributed by atoms with Gasteiger partial charge < -0.3 is 14.4 Å². The van der Waals surface area contributed by atoms with E-state index >= 15 is 0 Å². The molecule has 1 aliphatic heterocycles. The van der Waals surface area contributed by atoms with Crippen LogP contribution in [-0.2, 0) is 16.1 Å². The summed E-state index contributed by atoms with van der Waals surface area (Å²) in [4.78, 5) is 21.9. The third kappa shape index (κ3) is 5.10. The van der Waals surface area contributed by atoms with Gasteiger partial charge in [-0.15, -0.1) is 0 Å². The molecule has 0 unspecified atom stereocenters. The minimum Gasteiger partial charge on any atom is -0.444 e. The Bertz CT molecular complexity index is 519. The van der Waals surface area contributed by atoms with Crippen molar-refractivity contribution < 1.29 is 14.3 Å². The van der Waals surface area contributed by atoms with Crippen molar-refractivity contribution in [3.05, 3.63) is 23.2 Å². The number of hydrogen-bond acceptors (Lipinski definition) is 5. The number of carbonyl (C=O) groups excluding carboxylic acids is 1. The molecule has 1 fully saturated rings. The van der Waals surface area contributed by atoms with Crippen LogP contribution in [0.4, 0.5) is 4.79 Å². The van der Waals surface area contributed by atoms with E-state index in [1.807, 2.05) is 20.8 Å². The molecular formula is C15H22ClN3O3. The molecule has 7 heteroatoms. The van der Waals surface area contributed by atoms with Crippen LogP contribution < -0.4 is 0 Å². The van der Waals surface area contributed by atoms with Gasteiger partial charge in [-0.3, -0.25) is 4.98 Å². The van der Waals surface area contributed by atoms with Crippen LogP contribution in [0.2, 0.25) is 5.15 Å². The van der Waals surface area contributed by atoms with Gasteiger partial charge in [0.05, 0.1) is 19.3 Å². The summed E-state index contributed by atoms with van der Waals surface area (Å²) in [6.07, 6.45) is 4.57.